The Morgan fingerprint density at radius 3 is 2.90 bits per heavy atom. The fourth-order valence-electron chi connectivity index (χ4n) is 3.27. The third-order valence-electron chi connectivity index (χ3n) is 4.56. The molecule has 1 aromatic rings. The Morgan fingerprint density at radius 2 is 2.19 bits per heavy atom. The smallest absolute Gasteiger partial charge is 0.320 e. The molecule has 21 heavy (non-hydrogen) atoms. The van der Waals surface area contributed by atoms with E-state index in [1.807, 2.05) is 4.90 Å². The summed E-state index contributed by atoms with van der Waals surface area (Å²) in [4.78, 5) is 13.1. The predicted molar refractivity (Wildman–Crippen MR) is 81.6 cm³/mol. The summed E-state index contributed by atoms with van der Waals surface area (Å²) in [6.07, 6.45) is 5.06. The van der Waals surface area contributed by atoms with Crippen LogP contribution in [0.1, 0.15) is 30.0 Å². The number of carboxylic acids is 1. The summed E-state index contributed by atoms with van der Waals surface area (Å²) in [5.41, 5.74) is 3.16. The summed E-state index contributed by atoms with van der Waals surface area (Å²) in [7, 11) is 0. The van der Waals surface area contributed by atoms with Gasteiger partial charge in [-0.1, -0.05) is 12.1 Å². The number of rotatable bonds is 2. The zero-order valence-electron chi connectivity index (χ0n) is 12.7. The first-order valence-electron chi connectivity index (χ1n) is 7.37. The van der Waals surface area contributed by atoms with Crippen molar-refractivity contribution in [3.63, 3.8) is 0 Å². The third kappa shape index (κ3) is 2.44. The summed E-state index contributed by atoms with van der Waals surface area (Å²) in [6.45, 7) is 7.26. The number of ether oxygens (including phenoxy) is 1. The molecule has 1 saturated heterocycles. The lowest BCUT2D eigenvalue weighted by atomic mass is 9.94. The van der Waals surface area contributed by atoms with Crippen molar-refractivity contribution in [3.8, 4) is 5.75 Å². The Kier molecular flexibility index (Phi) is 3.29. The van der Waals surface area contributed by atoms with Crippen LogP contribution >= 0.6 is 0 Å². The van der Waals surface area contributed by atoms with Gasteiger partial charge in [0.1, 0.15) is 17.4 Å². The highest BCUT2D eigenvalue weighted by Crippen LogP contribution is 2.38. The maximum atomic E-state index is 11.1. The lowest BCUT2D eigenvalue weighted by Crippen LogP contribution is -2.43. The molecule has 0 aromatic heterocycles. The molecule has 1 fully saturated rings. The van der Waals surface area contributed by atoms with Crippen molar-refractivity contribution in [2.24, 2.45) is 0 Å². The van der Waals surface area contributed by atoms with Crippen LogP contribution in [-0.4, -0.2) is 40.7 Å². The van der Waals surface area contributed by atoms with Crippen molar-refractivity contribution in [1.29, 1.82) is 0 Å². The molecule has 2 atom stereocenters. The van der Waals surface area contributed by atoms with Crippen LogP contribution in [0.3, 0.4) is 0 Å². The summed E-state index contributed by atoms with van der Waals surface area (Å²) in [5, 5.41) is 9.16. The van der Waals surface area contributed by atoms with E-state index < -0.39 is 12.0 Å². The number of nitrogens with zero attached hydrogens (tertiary/aromatic N) is 1. The van der Waals surface area contributed by atoms with Crippen molar-refractivity contribution >= 4 is 12.0 Å². The Hall–Kier alpha value is -1.81. The molecule has 4 heteroatoms. The second-order valence-electron chi connectivity index (χ2n) is 6.23. The highest BCUT2D eigenvalue weighted by atomic mass is 16.5. The first-order chi connectivity index (χ1) is 9.90. The fraction of sp³-hybridized carbons (Fsp3) is 0.471. The van der Waals surface area contributed by atoms with E-state index >= 15 is 0 Å². The Morgan fingerprint density at radius 1 is 1.43 bits per heavy atom. The van der Waals surface area contributed by atoms with Crippen LogP contribution in [-0.2, 0) is 4.79 Å². The molecule has 1 spiro atoms. The number of aryl methyl sites for hydroxylation is 2. The van der Waals surface area contributed by atoms with E-state index in [2.05, 4.69) is 38.1 Å². The number of aliphatic carboxylic acids is 1. The number of benzene rings is 1. The maximum absolute atomic E-state index is 11.1. The van der Waals surface area contributed by atoms with Crippen molar-refractivity contribution in [1.82, 2.24) is 4.90 Å². The van der Waals surface area contributed by atoms with E-state index in [-0.39, 0.29) is 5.60 Å². The van der Waals surface area contributed by atoms with Gasteiger partial charge in [-0.3, -0.25) is 9.69 Å². The van der Waals surface area contributed by atoms with Crippen LogP contribution in [0.25, 0.3) is 6.08 Å². The molecular weight excluding hydrogens is 266 g/mol. The van der Waals surface area contributed by atoms with E-state index in [4.69, 9.17) is 9.84 Å². The molecule has 0 amide bonds. The zero-order chi connectivity index (χ0) is 15.2. The molecule has 3 rings (SSSR count). The third-order valence-corrected chi connectivity index (χ3v) is 4.56. The Balaban J connectivity index is 1.86. The molecule has 0 aliphatic carbocycles. The van der Waals surface area contributed by atoms with E-state index in [9.17, 15) is 4.79 Å². The van der Waals surface area contributed by atoms with Crippen molar-refractivity contribution < 1.29 is 14.6 Å². The molecule has 1 N–H and O–H groups in total. The first-order valence-corrected chi connectivity index (χ1v) is 7.37. The Labute approximate surface area is 125 Å². The second kappa shape index (κ2) is 4.88. The molecule has 2 heterocycles. The molecule has 4 nitrogen and oxygen atoms in total. The topological polar surface area (TPSA) is 49.8 Å². The van der Waals surface area contributed by atoms with Crippen LogP contribution in [0.5, 0.6) is 5.75 Å². The summed E-state index contributed by atoms with van der Waals surface area (Å²) >= 11 is 0. The summed E-state index contributed by atoms with van der Waals surface area (Å²) < 4.78 is 6.28. The number of carbonyl (C=O) groups is 1. The van der Waals surface area contributed by atoms with Gasteiger partial charge in [0.15, 0.2) is 0 Å². The van der Waals surface area contributed by atoms with Gasteiger partial charge in [0.05, 0.1) is 0 Å². The molecule has 2 unspecified atom stereocenters. The van der Waals surface area contributed by atoms with Crippen LogP contribution in [0.4, 0.5) is 0 Å². The lowest BCUT2D eigenvalue weighted by molar-refractivity contribution is -0.142. The highest BCUT2D eigenvalue weighted by Gasteiger charge is 2.42. The van der Waals surface area contributed by atoms with Crippen LogP contribution in [0, 0.1) is 13.8 Å². The largest absolute Gasteiger partial charge is 0.481 e. The van der Waals surface area contributed by atoms with E-state index in [0.29, 0.717) is 6.54 Å². The van der Waals surface area contributed by atoms with Crippen molar-refractivity contribution in [2.75, 3.05) is 13.1 Å². The minimum Gasteiger partial charge on any atom is -0.481 e. The molecule has 0 bridgehead atoms. The summed E-state index contributed by atoms with van der Waals surface area (Å²) in [6, 6.07) is 3.75. The number of fused-ring (bicyclic) bond motifs is 1. The molecule has 2 aliphatic rings. The van der Waals surface area contributed by atoms with E-state index in [1.54, 1.807) is 6.92 Å². The Bertz CT molecular complexity index is 623. The van der Waals surface area contributed by atoms with Gasteiger partial charge in [-0.05, 0) is 44.0 Å². The summed E-state index contributed by atoms with van der Waals surface area (Å²) in [5.74, 6) is 0.138. The van der Waals surface area contributed by atoms with Gasteiger partial charge in [-0.2, -0.15) is 0 Å². The first kappa shape index (κ1) is 14.1. The van der Waals surface area contributed by atoms with Gasteiger partial charge < -0.3 is 9.84 Å². The van der Waals surface area contributed by atoms with Crippen molar-refractivity contribution in [3.05, 3.63) is 34.9 Å². The van der Waals surface area contributed by atoms with Crippen LogP contribution in [0.2, 0.25) is 0 Å². The number of hydrogen-bond donors (Lipinski definition) is 1. The quantitative estimate of drug-likeness (QED) is 0.908. The molecule has 0 radical (unpaired) electrons. The maximum Gasteiger partial charge on any atom is 0.320 e. The van der Waals surface area contributed by atoms with Gasteiger partial charge in [-0.15, -0.1) is 0 Å². The zero-order valence-corrected chi connectivity index (χ0v) is 12.7. The average Bonchev–Trinajstić information content (AvgIpc) is 2.80. The van der Waals surface area contributed by atoms with Crippen LogP contribution in [0.15, 0.2) is 18.2 Å². The number of hydrogen-bond acceptors (Lipinski definition) is 3. The predicted octanol–water partition coefficient (Wildman–Crippen LogP) is 2.63. The average molecular weight is 287 g/mol. The van der Waals surface area contributed by atoms with Gasteiger partial charge in [-0.25, -0.2) is 0 Å². The fourth-order valence-corrected chi connectivity index (χ4v) is 3.27. The minimum atomic E-state index is -0.779. The molecule has 2 aliphatic heterocycles. The van der Waals surface area contributed by atoms with Crippen molar-refractivity contribution in [2.45, 2.75) is 38.8 Å². The number of likely N-dealkylation sites (tertiary alicyclic amines) is 1. The minimum absolute atomic E-state index is 0.378. The van der Waals surface area contributed by atoms with E-state index in [1.165, 1.54) is 11.1 Å². The van der Waals surface area contributed by atoms with Gasteiger partial charge in [0, 0.05) is 25.1 Å². The van der Waals surface area contributed by atoms with E-state index in [0.717, 1.165) is 24.3 Å². The molecule has 112 valence electrons. The highest BCUT2D eigenvalue weighted by molar-refractivity contribution is 5.73. The second-order valence-corrected chi connectivity index (χ2v) is 6.23. The molecule has 0 saturated carbocycles. The SMILES string of the molecule is Cc1cc(C)c2c(c1)OC1(C=C2)CCN(C(C)C(=O)O)C1. The molecule has 1 aromatic carbocycles. The van der Waals surface area contributed by atoms with Gasteiger partial charge in [0.25, 0.3) is 0 Å². The van der Waals surface area contributed by atoms with Gasteiger partial charge >= 0.3 is 5.97 Å². The van der Waals surface area contributed by atoms with Crippen LogP contribution < -0.4 is 4.74 Å². The van der Waals surface area contributed by atoms with Gasteiger partial charge in [0.2, 0.25) is 0 Å². The lowest BCUT2D eigenvalue weighted by Gasteiger charge is -2.33. The molecular formula is C17H21NO3. The standard InChI is InChI=1S/C17H21NO3/c1-11-8-12(2)14-4-5-17(21-15(14)9-11)6-7-18(10-17)13(3)16(19)20/h4-5,8-9,13H,6-7,10H2,1-3H3,(H,19,20). The number of carboxylic acid groups (broad SMARTS) is 1. The normalized spacial score (nSPS) is 25.7. The monoisotopic (exact) mass is 287 g/mol.